The summed E-state index contributed by atoms with van der Waals surface area (Å²) < 4.78 is 28.2. The van der Waals surface area contributed by atoms with Crippen LogP contribution in [0.25, 0.3) is 0 Å². The largest absolute Gasteiger partial charge is 0.342 e. The van der Waals surface area contributed by atoms with Gasteiger partial charge >= 0.3 is 0 Å². The molecule has 2 aromatic carbocycles. The zero-order valence-electron chi connectivity index (χ0n) is 18.4. The molecule has 0 aliphatic carbocycles. The second-order valence-corrected chi connectivity index (χ2v) is 9.03. The Hall–Kier alpha value is -2.27. The molecule has 2 unspecified atom stereocenters. The topological polar surface area (TPSA) is 23.6 Å². The van der Waals surface area contributed by atoms with Gasteiger partial charge in [0, 0.05) is 51.1 Å². The van der Waals surface area contributed by atoms with Gasteiger partial charge < -0.3 is 4.90 Å². The maximum atomic E-state index is 14.3. The summed E-state index contributed by atoms with van der Waals surface area (Å²) in [5.41, 5.74) is 2.66. The van der Waals surface area contributed by atoms with E-state index in [-0.39, 0.29) is 29.4 Å². The number of amides is 1. The van der Waals surface area contributed by atoms with Crippen molar-refractivity contribution in [2.45, 2.75) is 40.2 Å². The molecule has 0 saturated carbocycles. The second kappa shape index (κ2) is 9.69. The van der Waals surface area contributed by atoms with Crippen LogP contribution in [0.2, 0.25) is 0 Å². The van der Waals surface area contributed by atoms with Crippen molar-refractivity contribution in [2.75, 3.05) is 26.2 Å². The molecular formula is C25H32F2N2O. The Morgan fingerprint density at radius 1 is 1.17 bits per heavy atom. The average Bonchev–Trinajstić information content (AvgIpc) is 3.06. The number of benzene rings is 2. The number of carbonyl (C=O) groups excluding carboxylic acids is 1. The van der Waals surface area contributed by atoms with Gasteiger partial charge in [0.15, 0.2) is 0 Å². The third-order valence-corrected chi connectivity index (χ3v) is 5.87. The van der Waals surface area contributed by atoms with Crippen LogP contribution >= 0.6 is 0 Å². The van der Waals surface area contributed by atoms with E-state index in [1.54, 1.807) is 25.1 Å². The van der Waals surface area contributed by atoms with Gasteiger partial charge in [-0.05, 0) is 42.5 Å². The first-order valence-corrected chi connectivity index (χ1v) is 10.7. The number of rotatable bonds is 7. The van der Waals surface area contributed by atoms with E-state index < -0.39 is 0 Å². The van der Waals surface area contributed by atoms with Crippen LogP contribution in [-0.2, 0) is 11.3 Å². The molecule has 1 amide bonds. The summed E-state index contributed by atoms with van der Waals surface area (Å²) in [6.07, 6.45) is 0. The first-order chi connectivity index (χ1) is 14.2. The van der Waals surface area contributed by atoms with Gasteiger partial charge in [-0.3, -0.25) is 9.69 Å². The molecule has 0 N–H and O–H groups in total. The molecule has 1 aliphatic heterocycles. The van der Waals surface area contributed by atoms with E-state index in [0.717, 1.165) is 24.2 Å². The number of carbonyl (C=O) groups is 1. The molecule has 0 bridgehead atoms. The van der Waals surface area contributed by atoms with E-state index in [1.807, 2.05) is 24.0 Å². The minimum Gasteiger partial charge on any atom is -0.342 e. The highest BCUT2D eigenvalue weighted by Gasteiger charge is 2.35. The Balaban J connectivity index is 1.83. The minimum atomic E-state index is -0.250. The summed E-state index contributed by atoms with van der Waals surface area (Å²) in [7, 11) is 0. The van der Waals surface area contributed by atoms with Crippen LogP contribution in [0.5, 0.6) is 0 Å². The molecule has 0 spiro atoms. The van der Waals surface area contributed by atoms with E-state index in [1.165, 1.54) is 12.1 Å². The Bertz CT molecular complexity index is 883. The molecular weight excluding hydrogens is 382 g/mol. The standard InChI is InChI=1S/C25H32F2N2O/c1-17(2)12-29(19(4)30)15-22-14-28(13-21-10-18(3)8-9-25(21)27)16-24(22)20-6-5-7-23(26)11-20/h5-11,17,22,24H,12-16H2,1-4H3. The van der Waals surface area contributed by atoms with Crippen molar-refractivity contribution < 1.29 is 13.6 Å². The van der Waals surface area contributed by atoms with Gasteiger partial charge in [0.25, 0.3) is 0 Å². The van der Waals surface area contributed by atoms with Crippen LogP contribution in [-0.4, -0.2) is 41.9 Å². The summed E-state index contributed by atoms with van der Waals surface area (Å²) in [6, 6.07) is 11.9. The normalized spacial score (nSPS) is 19.4. The first-order valence-electron chi connectivity index (χ1n) is 10.7. The zero-order chi connectivity index (χ0) is 21.8. The van der Waals surface area contributed by atoms with E-state index in [4.69, 9.17) is 0 Å². The smallest absolute Gasteiger partial charge is 0.219 e. The fraction of sp³-hybridized carbons (Fsp3) is 0.480. The molecule has 1 fully saturated rings. The zero-order valence-corrected chi connectivity index (χ0v) is 18.4. The van der Waals surface area contributed by atoms with Crippen molar-refractivity contribution in [3.05, 3.63) is 70.8 Å². The highest BCUT2D eigenvalue weighted by Crippen LogP contribution is 2.35. The number of hydrogen-bond acceptors (Lipinski definition) is 2. The summed E-state index contributed by atoms with van der Waals surface area (Å²) in [5, 5.41) is 0. The Labute approximate surface area is 178 Å². The van der Waals surface area contributed by atoms with Crippen molar-refractivity contribution in [1.29, 1.82) is 0 Å². The molecule has 0 radical (unpaired) electrons. The monoisotopic (exact) mass is 414 g/mol. The summed E-state index contributed by atoms with van der Waals surface area (Å²) in [5.74, 6) is 0.256. The fourth-order valence-electron chi connectivity index (χ4n) is 4.51. The molecule has 5 heteroatoms. The number of halogens is 2. The quantitative estimate of drug-likeness (QED) is 0.637. The van der Waals surface area contributed by atoms with Crippen molar-refractivity contribution in [3.63, 3.8) is 0 Å². The summed E-state index contributed by atoms with van der Waals surface area (Å²) in [6.45, 7) is 11.1. The Kier molecular flexibility index (Phi) is 7.24. The lowest BCUT2D eigenvalue weighted by Crippen LogP contribution is -2.38. The number of likely N-dealkylation sites (tertiary alicyclic amines) is 1. The minimum absolute atomic E-state index is 0.0601. The molecule has 2 atom stereocenters. The Morgan fingerprint density at radius 2 is 1.93 bits per heavy atom. The van der Waals surface area contributed by atoms with Gasteiger partial charge in [0.1, 0.15) is 11.6 Å². The Morgan fingerprint density at radius 3 is 2.60 bits per heavy atom. The third kappa shape index (κ3) is 5.66. The van der Waals surface area contributed by atoms with E-state index in [2.05, 4.69) is 18.7 Å². The first kappa shape index (κ1) is 22.4. The summed E-state index contributed by atoms with van der Waals surface area (Å²) in [4.78, 5) is 16.4. The lowest BCUT2D eigenvalue weighted by atomic mass is 9.88. The van der Waals surface area contributed by atoms with Crippen molar-refractivity contribution in [2.24, 2.45) is 11.8 Å². The molecule has 162 valence electrons. The van der Waals surface area contributed by atoms with E-state index in [0.29, 0.717) is 31.1 Å². The summed E-state index contributed by atoms with van der Waals surface area (Å²) >= 11 is 0. The molecule has 3 nitrogen and oxygen atoms in total. The molecule has 1 aliphatic rings. The van der Waals surface area contributed by atoms with Crippen LogP contribution in [0, 0.1) is 30.4 Å². The van der Waals surface area contributed by atoms with Crippen LogP contribution in [0.1, 0.15) is 43.4 Å². The fourth-order valence-corrected chi connectivity index (χ4v) is 4.51. The van der Waals surface area contributed by atoms with Gasteiger partial charge in [-0.25, -0.2) is 8.78 Å². The van der Waals surface area contributed by atoms with E-state index >= 15 is 0 Å². The van der Waals surface area contributed by atoms with Crippen LogP contribution < -0.4 is 0 Å². The third-order valence-electron chi connectivity index (χ3n) is 5.87. The lowest BCUT2D eigenvalue weighted by molar-refractivity contribution is -0.130. The molecule has 2 aromatic rings. The van der Waals surface area contributed by atoms with Crippen LogP contribution in [0.15, 0.2) is 42.5 Å². The van der Waals surface area contributed by atoms with Gasteiger partial charge in [0.2, 0.25) is 5.91 Å². The predicted molar refractivity (Wildman–Crippen MR) is 116 cm³/mol. The number of aryl methyl sites for hydroxylation is 1. The number of nitrogens with zero attached hydrogens (tertiary/aromatic N) is 2. The van der Waals surface area contributed by atoms with Gasteiger partial charge in [-0.2, -0.15) is 0 Å². The van der Waals surface area contributed by atoms with Crippen LogP contribution in [0.4, 0.5) is 8.78 Å². The maximum absolute atomic E-state index is 14.3. The molecule has 0 aromatic heterocycles. The van der Waals surface area contributed by atoms with E-state index in [9.17, 15) is 13.6 Å². The van der Waals surface area contributed by atoms with Crippen LogP contribution in [0.3, 0.4) is 0 Å². The molecule has 3 rings (SSSR count). The highest BCUT2D eigenvalue weighted by atomic mass is 19.1. The SMILES string of the molecule is CC(=O)N(CC(C)C)CC1CN(Cc2cc(C)ccc2F)CC1c1cccc(F)c1. The van der Waals surface area contributed by atoms with Crippen molar-refractivity contribution in [1.82, 2.24) is 9.80 Å². The molecule has 30 heavy (non-hydrogen) atoms. The number of hydrogen-bond donors (Lipinski definition) is 0. The average molecular weight is 415 g/mol. The molecule has 1 saturated heterocycles. The van der Waals surface area contributed by atoms with Gasteiger partial charge in [-0.1, -0.05) is 43.7 Å². The van der Waals surface area contributed by atoms with Crippen molar-refractivity contribution in [3.8, 4) is 0 Å². The van der Waals surface area contributed by atoms with Gasteiger partial charge in [0.05, 0.1) is 0 Å². The van der Waals surface area contributed by atoms with Gasteiger partial charge in [-0.15, -0.1) is 0 Å². The molecule has 1 heterocycles. The highest BCUT2D eigenvalue weighted by molar-refractivity contribution is 5.73. The lowest BCUT2D eigenvalue weighted by Gasteiger charge is -2.29. The maximum Gasteiger partial charge on any atom is 0.219 e. The predicted octanol–water partition coefficient (Wildman–Crippen LogP) is 4.99. The van der Waals surface area contributed by atoms with Crippen molar-refractivity contribution >= 4 is 5.91 Å². The second-order valence-electron chi connectivity index (χ2n) is 9.03.